The smallest absolute Gasteiger partial charge is 0.267 e. The van der Waals surface area contributed by atoms with Gasteiger partial charge >= 0.3 is 0 Å². The van der Waals surface area contributed by atoms with Gasteiger partial charge in [-0.15, -0.1) is 0 Å². The van der Waals surface area contributed by atoms with Gasteiger partial charge < -0.3 is 0 Å². The van der Waals surface area contributed by atoms with E-state index in [2.05, 4.69) is 9.97 Å². The number of nitrogens with zero attached hydrogens (tertiary/aromatic N) is 3. The third-order valence-corrected chi connectivity index (χ3v) is 3.75. The van der Waals surface area contributed by atoms with Crippen molar-refractivity contribution >= 4 is 34.2 Å². The Labute approximate surface area is 117 Å². The summed E-state index contributed by atoms with van der Waals surface area (Å²) in [7, 11) is 0. The number of hydrogen-bond acceptors (Lipinski definition) is 3. The van der Waals surface area contributed by atoms with Crippen LogP contribution in [0.2, 0.25) is 5.15 Å². The third kappa shape index (κ3) is 2.84. The predicted octanol–water partition coefficient (Wildman–Crippen LogP) is 2.25. The van der Waals surface area contributed by atoms with Crippen molar-refractivity contribution in [2.45, 2.75) is 13.5 Å². The highest BCUT2D eigenvalue weighted by molar-refractivity contribution is 14.1. The second-order valence-electron chi connectivity index (χ2n) is 3.56. The molecule has 0 unspecified atom stereocenters. The van der Waals surface area contributed by atoms with Gasteiger partial charge in [-0.05, 0) is 47.2 Å². The molecule has 4 nitrogen and oxygen atoms in total. The number of rotatable bonds is 2. The number of aryl methyl sites for hydroxylation is 1. The van der Waals surface area contributed by atoms with Crippen LogP contribution in [0.4, 0.5) is 0 Å². The minimum absolute atomic E-state index is 0.0361. The second-order valence-corrected chi connectivity index (χ2v) is 5.03. The Morgan fingerprint density at radius 3 is 2.94 bits per heavy atom. The Morgan fingerprint density at radius 1 is 1.47 bits per heavy atom. The minimum atomic E-state index is -0.0361. The molecule has 0 amide bonds. The van der Waals surface area contributed by atoms with Crippen molar-refractivity contribution in [3.8, 4) is 0 Å². The Kier molecular flexibility index (Phi) is 3.78. The zero-order chi connectivity index (χ0) is 12.4. The van der Waals surface area contributed by atoms with Crippen molar-refractivity contribution in [2.75, 3.05) is 0 Å². The van der Waals surface area contributed by atoms with E-state index in [0.717, 1.165) is 11.3 Å². The fourth-order valence-electron chi connectivity index (χ4n) is 1.40. The van der Waals surface area contributed by atoms with Gasteiger partial charge in [0.2, 0.25) is 0 Å². The average Bonchev–Trinajstić information content (AvgIpc) is 2.30. The molecule has 0 radical (unpaired) electrons. The zero-order valence-electron chi connectivity index (χ0n) is 9.02. The van der Waals surface area contributed by atoms with E-state index in [1.165, 1.54) is 0 Å². The highest BCUT2D eigenvalue weighted by Gasteiger charge is 2.05. The lowest BCUT2D eigenvalue weighted by Gasteiger charge is -2.07. The lowest BCUT2D eigenvalue weighted by Crippen LogP contribution is -2.24. The monoisotopic (exact) mass is 361 g/mol. The SMILES string of the molecule is Cc1ncn(Cc2ccnc(Cl)c2)c(=O)c1I. The van der Waals surface area contributed by atoms with Crippen LogP contribution in [0.1, 0.15) is 11.3 Å². The first-order chi connectivity index (χ1) is 8.08. The summed E-state index contributed by atoms with van der Waals surface area (Å²) in [5.74, 6) is 0. The van der Waals surface area contributed by atoms with Gasteiger partial charge in [0, 0.05) is 6.20 Å². The van der Waals surface area contributed by atoms with Crippen LogP contribution in [-0.2, 0) is 6.54 Å². The molecule has 2 aromatic heterocycles. The normalized spacial score (nSPS) is 10.5. The Balaban J connectivity index is 2.37. The molecule has 17 heavy (non-hydrogen) atoms. The van der Waals surface area contributed by atoms with Crippen LogP contribution in [0.15, 0.2) is 29.5 Å². The summed E-state index contributed by atoms with van der Waals surface area (Å²) < 4.78 is 2.20. The maximum atomic E-state index is 11.9. The highest BCUT2D eigenvalue weighted by Crippen LogP contribution is 2.08. The topological polar surface area (TPSA) is 47.8 Å². The number of aromatic nitrogens is 3. The first-order valence-electron chi connectivity index (χ1n) is 4.90. The molecule has 88 valence electrons. The third-order valence-electron chi connectivity index (χ3n) is 2.30. The molecule has 0 N–H and O–H groups in total. The second kappa shape index (κ2) is 5.14. The lowest BCUT2D eigenvalue weighted by molar-refractivity contribution is 0.723. The molecule has 0 aliphatic carbocycles. The van der Waals surface area contributed by atoms with Gasteiger partial charge in [0.15, 0.2) is 0 Å². The molecule has 0 atom stereocenters. The van der Waals surface area contributed by atoms with Gasteiger partial charge in [-0.2, -0.15) is 0 Å². The summed E-state index contributed by atoms with van der Waals surface area (Å²) in [6, 6.07) is 3.56. The van der Waals surface area contributed by atoms with Gasteiger partial charge in [0.05, 0.1) is 22.1 Å². The van der Waals surface area contributed by atoms with Gasteiger partial charge in [0.1, 0.15) is 5.15 Å². The molecule has 2 heterocycles. The van der Waals surface area contributed by atoms with E-state index >= 15 is 0 Å². The standard InChI is InChI=1S/C11H9ClIN3O/c1-7-10(13)11(17)16(6-15-7)5-8-2-3-14-9(12)4-8/h2-4,6H,5H2,1H3. The Bertz CT molecular complexity index is 612. The molecule has 0 fully saturated rings. The van der Waals surface area contributed by atoms with Crippen molar-refractivity contribution in [2.24, 2.45) is 0 Å². The lowest BCUT2D eigenvalue weighted by atomic mass is 10.2. The van der Waals surface area contributed by atoms with Crippen LogP contribution in [0, 0.1) is 10.5 Å². The summed E-state index contributed by atoms with van der Waals surface area (Å²) in [5.41, 5.74) is 1.64. The molecule has 6 heteroatoms. The van der Waals surface area contributed by atoms with E-state index in [-0.39, 0.29) is 5.56 Å². The maximum Gasteiger partial charge on any atom is 0.267 e. The van der Waals surface area contributed by atoms with E-state index in [1.54, 1.807) is 23.2 Å². The van der Waals surface area contributed by atoms with Crippen LogP contribution in [0.3, 0.4) is 0 Å². The number of pyridine rings is 1. The van der Waals surface area contributed by atoms with Crippen molar-refractivity contribution < 1.29 is 0 Å². The van der Waals surface area contributed by atoms with Gasteiger partial charge in [-0.1, -0.05) is 11.6 Å². The molecule has 0 spiro atoms. The highest BCUT2D eigenvalue weighted by atomic mass is 127. The predicted molar refractivity (Wildman–Crippen MR) is 74.3 cm³/mol. The zero-order valence-corrected chi connectivity index (χ0v) is 11.9. The summed E-state index contributed by atoms with van der Waals surface area (Å²) in [5, 5.41) is 0.422. The van der Waals surface area contributed by atoms with Gasteiger partial charge in [-0.3, -0.25) is 9.36 Å². The van der Waals surface area contributed by atoms with E-state index in [9.17, 15) is 4.79 Å². The minimum Gasteiger partial charge on any atom is -0.294 e. The summed E-state index contributed by atoms with van der Waals surface area (Å²) in [4.78, 5) is 20.0. The number of hydrogen-bond donors (Lipinski definition) is 0. The van der Waals surface area contributed by atoms with Crippen LogP contribution in [0.25, 0.3) is 0 Å². The van der Waals surface area contributed by atoms with Gasteiger partial charge in [-0.25, -0.2) is 9.97 Å². The molecule has 2 rings (SSSR count). The molecular formula is C11H9ClIN3O. The van der Waals surface area contributed by atoms with E-state index < -0.39 is 0 Å². The van der Waals surface area contributed by atoms with E-state index in [4.69, 9.17) is 11.6 Å². The molecule has 0 saturated heterocycles. The molecular weight excluding hydrogens is 352 g/mol. The molecule has 0 aliphatic rings. The van der Waals surface area contributed by atoms with Crippen molar-refractivity contribution in [3.63, 3.8) is 0 Å². The quantitative estimate of drug-likeness (QED) is 0.609. The molecule has 0 aromatic carbocycles. The molecule has 2 aromatic rings. The Morgan fingerprint density at radius 2 is 2.24 bits per heavy atom. The summed E-state index contributed by atoms with van der Waals surface area (Å²) >= 11 is 7.80. The largest absolute Gasteiger partial charge is 0.294 e. The molecule has 0 bridgehead atoms. The van der Waals surface area contributed by atoms with Crippen molar-refractivity contribution in [1.29, 1.82) is 0 Å². The van der Waals surface area contributed by atoms with Crippen molar-refractivity contribution in [1.82, 2.24) is 14.5 Å². The molecule has 0 saturated carbocycles. The summed E-state index contributed by atoms with van der Waals surface area (Å²) in [6.07, 6.45) is 3.17. The van der Waals surface area contributed by atoms with Crippen LogP contribution in [0.5, 0.6) is 0 Å². The van der Waals surface area contributed by atoms with Crippen molar-refractivity contribution in [3.05, 3.63) is 55.0 Å². The fourth-order valence-corrected chi connectivity index (χ4v) is 2.04. The summed E-state index contributed by atoms with van der Waals surface area (Å²) in [6.45, 7) is 2.27. The average molecular weight is 362 g/mol. The van der Waals surface area contributed by atoms with Crippen LogP contribution >= 0.6 is 34.2 Å². The first kappa shape index (κ1) is 12.5. The fraction of sp³-hybridized carbons (Fsp3) is 0.182. The van der Waals surface area contributed by atoms with E-state index in [0.29, 0.717) is 15.3 Å². The van der Waals surface area contributed by atoms with E-state index in [1.807, 2.05) is 35.6 Å². The maximum absolute atomic E-state index is 11.9. The first-order valence-corrected chi connectivity index (χ1v) is 6.35. The van der Waals surface area contributed by atoms with Crippen LogP contribution < -0.4 is 5.56 Å². The van der Waals surface area contributed by atoms with Crippen LogP contribution in [-0.4, -0.2) is 14.5 Å². The number of halogens is 2. The van der Waals surface area contributed by atoms with Gasteiger partial charge in [0.25, 0.3) is 5.56 Å². The molecule has 0 aliphatic heterocycles. The Hall–Kier alpha value is -0.950.